The number of nitrogens with zero attached hydrogens (tertiary/aromatic N) is 3. The van der Waals surface area contributed by atoms with Crippen LogP contribution in [0.1, 0.15) is 50.8 Å². The number of rotatable bonds is 3. The lowest BCUT2D eigenvalue weighted by Gasteiger charge is -2.30. The lowest BCUT2D eigenvalue weighted by Crippen LogP contribution is -2.41. The van der Waals surface area contributed by atoms with Gasteiger partial charge in [0.1, 0.15) is 5.82 Å². The summed E-state index contributed by atoms with van der Waals surface area (Å²) in [5.74, 6) is 3.35. The lowest BCUT2D eigenvalue weighted by atomic mass is 9.98. The van der Waals surface area contributed by atoms with Gasteiger partial charge in [-0.3, -0.25) is 5.10 Å². The van der Waals surface area contributed by atoms with Crippen molar-refractivity contribution in [3.8, 4) is 0 Å². The molecule has 5 nitrogen and oxygen atoms in total. The Morgan fingerprint density at radius 1 is 1.21 bits per heavy atom. The van der Waals surface area contributed by atoms with Crippen LogP contribution in [0.15, 0.2) is 0 Å². The number of H-pyrrole nitrogens is 1. The van der Waals surface area contributed by atoms with Crippen molar-refractivity contribution in [1.29, 1.82) is 0 Å². The molecule has 1 saturated carbocycles. The molecule has 1 aromatic rings. The van der Waals surface area contributed by atoms with Gasteiger partial charge >= 0.3 is 0 Å². The third-order valence-corrected chi connectivity index (χ3v) is 4.89. The highest BCUT2D eigenvalue weighted by Gasteiger charge is 2.29. The van der Waals surface area contributed by atoms with E-state index in [0.29, 0.717) is 12.0 Å². The zero-order valence-electron chi connectivity index (χ0n) is 12.0. The van der Waals surface area contributed by atoms with Crippen LogP contribution < -0.4 is 10.2 Å². The standard InChI is InChI=1S/C14H25N5/c1-10-4-3-5-12(10)13-16-14(18-17-13)19-8-6-11(15-2)7-9-19/h10-12,15H,3-9H2,1-2H3,(H,16,17,18). The summed E-state index contributed by atoms with van der Waals surface area (Å²) in [6, 6.07) is 0.657. The van der Waals surface area contributed by atoms with Gasteiger partial charge in [0.15, 0.2) is 0 Å². The number of piperidine rings is 1. The minimum Gasteiger partial charge on any atom is -0.339 e. The van der Waals surface area contributed by atoms with Crippen LogP contribution in [0.2, 0.25) is 0 Å². The van der Waals surface area contributed by atoms with Crippen molar-refractivity contribution in [2.75, 3.05) is 25.0 Å². The minimum absolute atomic E-state index is 0.594. The van der Waals surface area contributed by atoms with Crippen molar-refractivity contribution in [2.45, 2.75) is 51.0 Å². The Labute approximate surface area is 115 Å². The predicted octanol–water partition coefficient (Wildman–Crippen LogP) is 1.90. The Hall–Kier alpha value is -1.10. The normalized spacial score (nSPS) is 29.1. The third kappa shape index (κ3) is 2.61. The molecule has 1 saturated heterocycles. The predicted molar refractivity (Wildman–Crippen MR) is 76.4 cm³/mol. The maximum Gasteiger partial charge on any atom is 0.244 e. The molecule has 2 N–H and O–H groups in total. The topological polar surface area (TPSA) is 56.8 Å². The number of aromatic nitrogens is 3. The Kier molecular flexibility index (Phi) is 3.73. The van der Waals surface area contributed by atoms with E-state index >= 15 is 0 Å². The number of hydrogen-bond acceptors (Lipinski definition) is 4. The molecule has 2 aliphatic rings. The van der Waals surface area contributed by atoms with Crippen molar-refractivity contribution in [3.05, 3.63) is 5.82 Å². The van der Waals surface area contributed by atoms with Crippen molar-refractivity contribution in [2.24, 2.45) is 5.92 Å². The maximum absolute atomic E-state index is 4.76. The molecule has 0 aromatic carbocycles. The average molecular weight is 263 g/mol. The fourth-order valence-electron chi connectivity index (χ4n) is 3.49. The molecule has 2 fully saturated rings. The zero-order chi connectivity index (χ0) is 13.2. The molecule has 1 aliphatic heterocycles. The summed E-state index contributed by atoms with van der Waals surface area (Å²) in [4.78, 5) is 7.07. The van der Waals surface area contributed by atoms with E-state index in [4.69, 9.17) is 4.98 Å². The first kappa shape index (κ1) is 12.9. The Bertz CT molecular complexity index is 408. The smallest absolute Gasteiger partial charge is 0.244 e. The van der Waals surface area contributed by atoms with E-state index < -0.39 is 0 Å². The van der Waals surface area contributed by atoms with Gasteiger partial charge in [-0.25, -0.2) is 0 Å². The van der Waals surface area contributed by atoms with E-state index in [1.165, 1.54) is 32.1 Å². The second-order valence-corrected chi connectivity index (χ2v) is 6.09. The van der Waals surface area contributed by atoms with Crippen LogP contribution in [0.5, 0.6) is 0 Å². The van der Waals surface area contributed by atoms with Crippen LogP contribution in [0.3, 0.4) is 0 Å². The molecule has 1 aromatic heterocycles. The van der Waals surface area contributed by atoms with Gasteiger partial charge in [-0.1, -0.05) is 13.3 Å². The summed E-state index contributed by atoms with van der Waals surface area (Å²) >= 11 is 0. The van der Waals surface area contributed by atoms with E-state index in [0.717, 1.165) is 30.8 Å². The van der Waals surface area contributed by atoms with E-state index in [-0.39, 0.29) is 0 Å². The molecule has 5 heteroatoms. The summed E-state index contributed by atoms with van der Waals surface area (Å²) in [5, 5.41) is 11.0. The first-order valence-electron chi connectivity index (χ1n) is 7.62. The molecule has 0 radical (unpaired) electrons. The van der Waals surface area contributed by atoms with Crippen molar-refractivity contribution in [3.63, 3.8) is 0 Å². The molecule has 3 rings (SSSR count). The molecule has 0 bridgehead atoms. The van der Waals surface area contributed by atoms with Crippen molar-refractivity contribution < 1.29 is 0 Å². The van der Waals surface area contributed by atoms with Gasteiger partial charge in [0.2, 0.25) is 5.95 Å². The second kappa shape index (κ2) is 5.49. The average Bonchev–Trinajstić information content (AvgIpc) is 3.07. The first-order chi connectivity index (χ1) is 9.28. The number of nitrogens with one attached hydrogen (secondary N) is 2. The number of anilines is 1. The van der Waals surface area contributed by atoms with E-state index in [2.05, 4.69) is 27.3 Å². The molecule has 2 atom stereocenters. The van der Waals surface area contributed by atoms with Gasteiger partial charge in [0, 0.05) is 25.0 Å². The van der Waals surface area contributed by atoms with Crippen LogP contribution in [0, 0.1) is 5.92 Å². The van der Waals surface area contributed by atoms with Gasteiger partial charge in [0.25, 0.3) is 0 Å². The Morgan fingerprint density at radius 3 is 2.63 bits per heavy atom. The molecule has 2 unspecified atom stereocenters. The monoisotopic (exact) mass is 263 g/mol. The first-order valence-corrected chi connectivity index (χ1v) is 7.62. The third-order valence-electron chi connectivity index (χ3n) is 4.89. The van der Waals surface area contributed by atoms with Crippen LogP contribution in [0.4, 0.5) is 5.95 Å². The highest BCUT2D eigenvalue weighted by atomic mass is 15.4. The Morgan fingerprint density at radius 2 is 2.00 bits per heavy atom. The van der Waals surface area contributed by atoms with Crippen molar-refractivity contribution in [1.82, 2.24) is 20.5 Å². The van der Waals surface area contributed by atoms with Crippen LogP contribution >= 0.6 is 0 Å². The molecular formula is C14H25N5. The molecule has 1 aliphatic carbocycles. The largest absolute Gasteiger partial charge is 0.339 e. The lowest BCUT2D eigenvalue weighted by molar-refractivity contribution is 0.439. The summed E-state index contributed by atoms with van der Waals surface area (Å²) in [7, 11) is 2.05. The number of hydrogen-bond donors (Lipinski definition) is 2. The zero-order valence-corrected chi connectivity index (χ0v) is 12.0. The highest BCUT2D eigenvalue weighted by Crippen LogP contribution is 2.37. The van der Waals surface area contributed by atoms with Crippen molar-refractivity contribution >= 4 is 5.95 Å². The maximum atomic E-state index is 4.76. The minimum atomic E-state index is 0.594. The molecule has 0 spiro atoms. The molecule has 2 heterocycles. The quantitative estimate of drug-likeness (QED) is 0.874. The van der Waals surface area contributed by atoms with Gasteiger partial charge in [-0.15, -0.1) is 5.10 Å². The van der Waals surface area contributed by atoms with Gasteiger partial charge in [-0.2, -0.15) is 4.98 Å². The van der Waals surface area contributed by atoms with Crippen LogP contribution in [0.25, 0.3) is 0 Å². The van der Waals surface area contributed by atoms with Crippen LogP contribution in [-0.4, -0.2) is 41.4 Å². The summed E-state index contributed by atoms with van der Waals surface area (Å²) in [6.45, 7) is 4.45. The van der Waals surface area contributed by atoms with Gasteiger partial charge in [0.05, 0.1) is 0 Å². The summed E-state index contributed by atoms with van der Waals surface area (Å²) in [5.41, 5.74) is 0. The van der Waals surface area contributed by atoms with E-state index in [1.54, 1.807) is 0 Å². The van der Waals surface area contributed by atoms with E-state index in [9.17, 15) is 0 Å². The van der Waals surface area contributed by atoms with Gasteiger partial charge < -0.3 is 10.2 Å². The van der Waals surface area contributed by atoms with E-state index in [1.807, 2.05) is 7.05 Å². The highest BCUT2D eigenvalue weighted by molar-refractivity contribution is 5.30. The SMILES string of the molecule is CNC1CCN(c2n[nH]c(C3CCCC3C)n2)CC1. The number of aromatic amines is 1. The molecular weight excluding hydrogens is 238 g/mol. The fraction of sp³-hybridized carbons (Fsp3) is 0.857. The Balaban J connectivity index is 1.65. The second-order valence-electron chi connectivity index (χ2n) is 6.09. The summed E-state index contributed by atoms with van der Waals surface area (Å²) < 4.78 is 0. The fourth-order valence-corrected chi connectivity index (χ4v) is 3.49. The molecule has 19 heavy (non-hydrogen) atoms. The van der Waals surface area contributed by atoms with Crippen LogP contribution in [-0.2, 0) is 0 Å². The molecule has 106 valence electrons. The van der Waals surface area contributed by atoms with Gasteiger partial charge in [-0.05, 0) is 38.6 Å². The molecule has 0 amide bonds. The summed E-state index contributed by atoms with van der Waals surface area (Å²) in [6.07, 6.45) is 6.28.